The van der Waals surface area contributed by atoms with Crippen LogP contribution in [0.1, 0.15) is 44.7 Å². The topological polar surface area (TPSA) is 129 Å². The largest absolute Gasteiger partial charge is 0.481 e. The van der Waals surface area contributed by atoms with Crippen LogP contribution in [-0.4, -0.2) is 65.8 Å². The molecule has 2 amide bonds. The molecule has 1 aromatic heterocycles. The highest BCUT2D eigenvalue weighted by atomic mass is 35.5. The Balaban J connectivity index is 1.45. The van der Waals surface area contributed by atoms with Gasteiger partial charge in [0.25, 0.3) is 0 Å². The van der Waals surface area contributed by atoms with E-state index in [4.69, 9.17) is 27.9 Å². The third kappa shape index (κ3) is 5.86. The summed E-state index contributed by atoms with van der Waals surface area (Å²) in [6.07, 6.45) is -4.86. The standard InChI is InChI=1S/C27H24Cl2F4N4O5S/c1-14(27(31,32)33)42-16-2-3-21(18(29)9-16)43(40,41)17-10-20(23(38)36-25(13-34)4-5-25)37(12-17)24(39)26(6-7-26)22-19(30)8-15(28)11-35-22/h2-3,8-9,11,14,17,20H,4-7,10,12H2,1H3,(H,36,38)/t14-,17+,20-/m0/s1. The third-order valence-corrected chi connectivity index (χ3v) is 10.8. The summed E-state index contributed by atoms with van der Waals surface area (Å²) in [6.45, 7) is 0.319. The number of rotatable bonds is 8. The van der Waals surface area contributed by atoms with Crippen LogP contribution in [0.4, 0.5) is 17.6 Å². The van der Waals surface area contributed by atoms with Crippen LogP contribution >= 0.6 is 23.2 Å². The smallest absolute Gasteiger partial charge is 0.425 e. The van der Waals surface area contributed by atoms with Crippen LogP contribution < -0.4 is 10.1 Å². The van der Waals surface area contributed by atoms with Gasteiger partial charge in [-0.1, -0.05) is 23.2 Å². The molecule has 16 heteroatoms. The van der Waals surface area contributed by atoms with Crippen LogP contribution in [0.2, 0.25) is 10.0 Å². The average molecular weight is 663 g/mol. The van der Waals surface area contributed by atoms with E-state index in [2.05, 4.69) is 10.3 Å². The minimum Gasteiger partial charge on any atom is -0.481 e. The average Bonchev–Trinajstić information content (AvgIpc) is 3.84. The molecule has 5 rings (SSSR count). The number of amides is 2. The SMILES string of the molecule is C[C@H](Oc1ccc(S(=O)(=O)[C@@H]2C[C@@H](C(=O)NC3(C#N)CC3)N(C(=O)C3(c4ncc(Cl)cc4F)CC3)C2)c(Cl)c1)C(F)(F)F. The van der Waals surface area contributed by atoms with E-state index in [1.54, 1.807) is 0 Å². The van der Waals surface area contributed by atoms with Gasteiger partial charge in [0.1, 0.15) is 23.1 Å². The summed E-state index contributed by atoms with van der Waals surface area (Å²) in [5.74, 6) is -2.56. The second-order valence-corrected chi connectivity index (χ2v) is 14.1. The predicted octanol–water partition coefficient (Wildman–Crippen LogP) is 4.50. The molecule has 3 atom stereocenters. The molecule has 0 bridgehead atoms. The van der Waals surface area contributed by atoms with Crippen molar-refractivity contribution in [2.24, 2.45) is 0 Å². The maximum absolute atomic E-state index is 14.9. The first-order chi connectivity index (χ1) is 20.0. The van der Waals surface area contributed by atoms with Gasteiger partial charge in [-0.15, -0.1) is 0 Å². The molecule has 43 heavy (non-hydrogen) atoms. The van der Waals surface area contributed by atoms with Crippen LogP contribution in [0.25, 0.3) is 0 Å². The summed E-state index contributed by atoms with van der Waals surface area (Å²) >= 11 is 12.0. The lowest BCUT2D eigenvalue weighted by Crippen LogP contribution is -2.52. The number of sulfone groups is 1. The molecule has 2 saturated carbocycles. The highest BCUT2D eigenvalue weighted by molar-refractivity contribution is 7.92. The fraction of sp³-hybridized carbons (Fsp3) is 0.481. The number of nitriles is 1. The summed E-state index contributed by atoms with van der Waals surface area (Å²) in [4.78, 5) is 32.0. The molecular formula is C27H24Cl2F4N4O5S. The molecule has 1 aliphatic heterocycles. The van der Waals surface area contributed by atoms with E-state index < -0.39 is 78.5 Å². The lowest BCUT2D eigenvalue weighted by molar-refractivity contribution is -0.189. The number of ether oxygens (including phenoxy) is 1. The highest BCUT2D eigenvalue weighted by Crippen LogP contribution is 2.51. The van der Waals surface area contributed by atoms with Gasteiger partial charge in [0.15, 0.2) is 15.9 Å². The van der Waals surface area contributed by atoms with Gasteiger partial charge in [-0.05, 0) is 57.2 Å². The molecular weight excluding hydrogens is 639 g/mol. The fourth-order valence-electron chi connectivity index (χ4n) is 5.16. The quantitative estimate of drug-likeness (QED) is 0.412. The molecule has 2 heterocycles. The Morgan fingerprint density at radius 3 is 2.42 bits per heavy atom. The van der Waals surface area contributed by atoms with Crippen molar-refractivity contribution in [1.29, 1.82) is 5.26 Å². The summed E-state index contributed by atoms with van der Waals surface area (Å²) in [7, 11) is -4.37. The molecule has 9 nitrogen and oxygen atoms in total. The Labute approximate surface area is 254 Å². The van der Waals surface area contributed by atoms with Crippen LogP contribution in [0.15, 0.2) is 35.4 Å². The van der Waals surface area contributed by atoms with Gasteiger partial charge in [0.05, 0.1) is 37.4 Å². The Kier molecular flexibility index (Phi) is 7.84. The minimum absolute atomic E-state index is 0.0153. The van der Waals surface area contributed by atoms with Gasteiger partial charge in [0, 0.05) is 18.8 Å². The third-order valence-electron chi connectivity index (χ3n) is 8.00. The van der Waals surface area contributed by atoms with Gasteiger partial charge >= 0.3 is 6.18 Å². The number of nitrogens with one attached hydrogen (secondary N) is 1. The van der Waals surface area contributed by atoms with E-state index in [9.17, 15) is 40.8 Å². The zero-order valence-corrected chi connectivity index (χ0v) is 24.7. The molecule has 3 fully saturated rings. The first-order valence-electron chi connectivity index (χ1n) is 13.2. The predicted molar refractivity (Wildman–Crippen MR) is 145 cm³/mol. The zero-order valence-electron chi connectivity index (χ0n) is 22.4. The van der Waals surface area contributed by atoms with E-state index in [0.29, 0.717) is 12.8 Å². The summed E-state index contributed by atoms with van der Waals surface area (Å²) in [5, 5.41) is 10.3. The maximum Gasteiger partial charge on any atom is 0.425 e. The molecule has 1 N–H and O–H groups in total. The number of benzene rings is 1. The number of halogens is 6. The van der Waals surface area contributed by atoms with Crippen molar-refractivity contribution in [2.45, 2.75) is 78.4 Å². The zero-order chi connectivity index (χ0) is 31.5. The van der Waals surface area contributed by atoms with Crippen molar-refractivity contribution in [3.8, 4) is 11.8 Å². The van der Waals surface area contributed by atoms with E-state index in [1.807, 2.05) is 6.07 Å². The Hall–Kier alpha value is -3.15. The van der Waals surface area contributed by atoms with Crippen molar-refractivity contribution in [3.05, 3.63) is 52.0 Å². The number of hydrogen-bond acceptors (Lipinski definition) is 7. The molecule has 2 aromatic rings. The molecule has 2 aliphatic carbocycles. The molecule has 0 spiro atoms. The maximum atomic E-state index is 14.9. The Bertz CT molecular complexity index is 1640. The highest BCUT2D eigenvalue weighted by Gasteiger charge is 2.60. The Morgan fingerprint density at radius 1 is 1.21 bits per heavy atom. The lowest BCUT2D eigenvalue weighted by atomic mass is 9.98. The summed E-state index contributed by atoms with van der Waals surface area (Å²) < 4.78 is 85.9. The molecule has 0 radical (unpaired) electrons. The van der Waals surface area contributed by atoms with E-state index in [0.717, 1.165) is 36.1 Å². The van der Waals surface area contributed by atoms with Gasteiger partial charge < -0.3 is 15.0 Å². The van der Waals surface area contributed by atoms with Crippen LogP contribution in [0, 0.1) is 17.1 Å². The molecule has 1 aromatic carbocycles. The van der Waals surface area contributed by atoms with Crippen molar-refractivity contribution >= 4 is 44.9 Å². The number of hydrogen-bond donors (Lipinski definition) is 1. The fourth-order valence-corrected chi connectivity index (χ4v) is 7.54. The molecule has 0 unspecified atom stereocenters. The minimum atomic E-state index is -4.67. The van der Waals surface area contributed by atoms with Gasteiger partial charge in [0.2, 0.25) is 11.8 Å². The number of carbonyl (C=O) groups is 2. The number of likely N-dealkylation sites (tertiary alicyclic amines) is 1. The summed E-state index contributed by atoms with van der Waals surface area (Å²) in [6, 6.07) is 4.67. The Morgan fingerprint density at radius 2 is 1.88 bits per heavy atom. The van der Waals surface area contributed by atoms with E-state index >= 15 is 0 Å². The van der Waals surface area contributed by atoms with Crippen molar-refractivity contribution in [1.82, 2.24) is 15.2 Å². The number of pyridine rings is 1. The molecule has 230 valence electrons. The van der Waals surface area contributed by atoms with Crippen LogP contribution in [-0.2, 0) is 24.8 Å². The molecule has 3 aliphatic rings. The van der Waals surface area contributed by atoms with Gasteiger partial charge in [-0.3, -0.25) is 14.6 Å². The number of carbonyl (C=O) groups excluding carboxylic acids is 2. The second-order valence-electron chi connectivity index (χ2n) is 11.0. The monoisotopic (exact) mass is 662 g/mol. The van der Waals surface area contributed by atoms with Crippen molar-refractivity contribution < 1.29 is 40.3 Å². The summed E-state index contributed by atoms with van der Waals surface area (Å²) in [5.41, 5.74) is -2.71. The van der Waals surface area contributed by atoms with E-state index in [1.165, 1.54) is 6.20 Å². The van der Waals surface area contributed by atoms with E-state index in [-0.39, 0.29) is 35.7 Å². The second kappa shape index (κ2) is 10.8. The number of aromatic nitrogens is 1. The van der Waals surface area contributed by atoms with Crippen LogP contribution in [0.3, 0.4) is 0 Å². The lowest BCUT2D eigenvalue weighted by Gasteiger charge is -2.28. The number of alkyl halides is 3. The van der Waals surface area contributed by atoms with Crippen molar-refractivity contribution in [3.63, 3.8) is 0 Å². The van der Waals surface area contributed by atoms with Crippen LogP contribution in [0.5, 0.6) is 5.75 Å². The van der Waals surface area contributed by atoms with Gasteiger partial charge in [-0.2, -0.15) is 18.4 Å². The first-order valence-corrected chi connectivity index (χ1v) is 15.5. The molecule has 1 saturated heterocycles. The normalized spacial score (nSPS) is 22.8. The van der Waals surface area contributed by atoms with Crippen molar-refractivity contribution in [2.75, 3.05) is 6.54 Å². The number of nitrogens with zero attached hydrogens (tertiary/aromatic N) is 3. The van der Waals surface area contributed by atoms with Gasteiger partial charge in [-0.25, -0.2) is 12.8 Å². The first kappa shape index (κ1) is 31.3.